The highest BCUT2D eigenvalue weighted by Gasteiger charge is 2.25. The van der Waals surface area contributed by atoms with Crippen molar-refractivity contribution in [3.8, 4) is 0 Å². The van der Waals surface area contributed by atoms with Crippen molar-refractivity contribution in [3.63, 3.8) is 0 Å². The lowest BCUT2D eigenvalue weighted by molar-refractivity contribution is -0.138. The fraction of sp³-hybridized carbons (Fsp3) is 0.643. The van der Waals surface area contributed by atoms with Gasteiger partial charge in [-0.05, 0) is 19.8 Å². The fourth-order valence-electron chi connectivity index (χ4n) is 2.52. The molecular weight excluding hydrogens is 274 g/mol. The van der Waals surface area contributed by atoms with E-state index in [1.54, 1.807) is 22.8 Å². The minimum atomic E-state index is -0.852. The van der Waals surface area contributed by atoms with Crippen LogP contribution in [0.3, 0.4) is 0 Å². The summed E-state index contributed by atoms with van der Waals surface area (Å²) in [6.07, 6.45) is 3.29. The number of carbonyl (C=O) groups excluding carboxylic acids is 1. The molecule has 2 heterocycles. The third-order valence-electron chi connectivity index (χ3n) is 3.64. The number of aromatic nitrogens is 2. The van der Waals surface area contributed by atoms with Crippen LogP contribution in [0, 0.1) is 6.92 Å². The number of carbonyl (C=O) groups is 2. The number of hydrogen-bond donors (Lipinski definition) is 1. The molecule has 0 saturated carbocycles. The Bertz CT molecular complexity index is 518. The van der Waals surface area contributed by atoms with Crippen LogP contribution in [0.15, 0.2) is 6.20 Å². The number of carboxylic acids is 1. The van der Waals surface area contributed by atoms with Gasteiger partial charge in [-0.2, -0.15) is 5.10 Å². The molecule has 21 heavy (non-hydrogen) atoms. The molecule has 0 atom stereocenters. The third-order valence-corrected chi connectivity index (χ3v) is 3.64. The van der Waals surface area contributed by atoms with Crippen LogP contribution in [0.5, 0.6) is 0 Å². The zero-order chi connectivity index (χ0) is 15.4. The number of aliphatic carboxylic acids is 1. The van der Waals surface area contributed by atoms with Gasteiger partial charge in [-0.25, -0.2) is 0 Å². The number of nitrogens with zero attached hydrogens (tertiary/aromatic N) is 3. The minimum absolute atomic E-state index is 0.00425. The predicted molar refractivity (Wildman–Crippen MR) is 75.1 cm³/mol. The summed E-state index contributed by atoms with van der Waals surface area (Å²) in [5.41, 5.74) is 1.38. The van der Waals surface area contributed by atoms with E-state index in [1.165, 1.54) is 0 Å². The molecule has 0 aromatic carbocycles. The van der Waals surface area contributed by atoms with Crippen molar-refractivity contribution >= 4 is 11.9 Å². The van der Waals surface area contributed by atoms with E-state index < -0.39 is 5.97 Å². The molecule has 0 spiro atoms. The number of piperidine rings is 1. The molecule has 0 radical (unpaired) electrons. The molecule has 1 amide bonds. The van der Waals surface area contributed by atoms with Gasteiger partial charge in [0.15, 0.2) is 0 Å². The summed E-state index contributed by atoms with van der Waals surface area (Å²) in [6, 6.07) is 0. The molecule has 0 bridgehead atoms. The second kappa shape index (κ2) is 6.71. The molecule has 1 aromatic heterocycles. The Balaban J connectivity index is 1.82. The lowest BCUT2D eigenvalue weighted by Gasteiger charge is -2.31. The summed E-state index contributed by atoms with van der Waals surface area (Å²) < 4.78 is 7.16. The second-order valence-electron chi connectivity index (χ2n) is 5.31. The Hall–Kier alpha value is -1.89. The van der Waals surface area contributed by atoms with E-state index in [9.17, 15) is 9.59 Å². The number of ether oxygens (including phenoxy) is 1. The Labute approximate surface area is 123 Å². The first kappa shape index (κ1) is 15.5. The van der Waals surface area contributed by atoms with E-state index in [4.69, 9.17) is 9.84 Å². The number of aryl methyl sites for hydroxylation is 2. The first-order chi connectivity index (χ1) is 9.97. The Morgan fingerprint density at radius 1 is 1.43 bits per heavy atom. The lowest BCUT2D eigenvalue weighted by Crippen LogP contribution is -2.41. The number of rotatable bonds is 5. The molecule has 1 saturated heterocycles. The van der Waals surface area contributed by atoms with E-state index in [0.717, 1.165) is 18.5 Å². The van der Waals surface area contributed by atoms with Crippen molar-refractivity contribution in [2.75, 3.05) is 19.7 Å². The van der Waals surface area contributed by atoms with Crippen LogP contribution in [0.4, 0.5) is 0 Å². The number of hydrogen-bond acceptors (Lipinski definition) is 4. The van der Waals surface area contributed by atoms with Crippen molar-refractivity contribution in [1.29, 1.82) is 0 Å². The van der Waals surface area contributed by atoms with Crippen molar-refractivity contribution in [2.45, 2.75) is 32.3 Å². The van der Waals surface area contributed by atoms with E-state index in [1.807, 2.05) is 6.92 Å². The summed E-state index contributed by atoms with van der Waals surface area (Å²) in [6.45, 7) is 3.32. The molecule has 1 aliphatic heterocycles. The van der Waals surface area contributed by atoms with E-state index in [2.05, 4.69) is 5.10 Å². The monoisotopic (exact) mass is 295 g/mol. The molecule has 7 heteroatoms. The van der Waals surface area contributed by atoms with Gasteiger partial charge in [0.2, 0.25) is 0 Å². The summed E-state index contributed by atoms with van der Waals surface area (Å²) in [5, 5.41) is 12.8. The largest absolute Gasteiger partial charge is 0.481 e. The highest BCUT2D eigenvalue weighted by molar-refractivity contribution is 5.95. The summed E-state index contributed by atoms with van der Waals surface area (Å²) in [7, 11) is 1.80. The van der Waals surface area contributed by atoms with Gasteiger partial charge in [-0.1, -0.05) is 0 Å². The van der Waals surface area contributed by atoms with Gasteiger partial charge < -0.3 is 14.7 Å². The first-order valence-corrected chi connectivity index (χ1v) is 7.10. The maximum absolute atomic E-state index is 12.4. The molecule has 0 unspecified atom stereocenters. The van der Waals surface area contributed by atoms with Gasteiger partial charge in [-0.3, -0.25) is 14.3 Å². The van der Waals surface area contributed by atoms with Gasteiger partial charge in [0.05, 0.1) is 30.4 Å². The second-order valence-corrected chi connectivity index (χ2v) is 5.31. The summed E-state index contributed by atoms with van der Waals surface area (Å²) in [4.78, 5) is 24.6. The minimum Gasteiger partial charge on any atom is -0.481 e. The Morgan fingerprint density at radius 2 is 2.10 bits per heavy atom. The molecule has 1 N–H and O–H groups in total. The average molecular weight is 295 g/mol. The van der Waals surface area contributed by atoms with Crippen LogP contribution in [-0.4, -0.2) is 57.5 Å². The van der Waals surface area contributed by atoms with Gasteiger partial charge in [0, 0.05) is 26.3 Å². The molecular formula is C14H21N3O4. The van der Waals surface area contributed by atoms with Crippen LogP contribution in [0.2, 0.25) is 0 Å². The lowest BCUT2D eigenvalue weighted by atomic mass is 10.1. The van der Waals surface area contributed by atoms with Crippen molar-refractivity contribution in [2.24, 2.45) is 7.05 Å². The van der Waals surface area contributed by atoms with Gasteiger partial charge in [0.1, 0.15) is 0 Å². The van der Waals surface area contributed by atoms with Crippen LogP contribution in [0.1, 0.15) is 35.3 Å². The fourth-order valence-corrected chi connectivity index (χ4v) is 2.52. The molecule has 2 rings (SSSR count). The van der Waals surface area contributed by atoms with Crippen LogP contribution < -0.4 is 0 Å². The van der Waals surface area contributed by atoms with Crippen molar-refractivity contribution in [1.82, 2.24) is 14.7 Å². The molecule has 1 aromatic rings. The van der Waals surface area contributed by atoms with Gasteiger partial charge in [0.25, 0.3) is 5.91 Å². The third kappa shape index (κ3) is 4.04. The van der Waals surface area contributed by atoms with Crippen LogP contribution >= 0.6 is 0 Å². The van der Waals surface area contributed by atoms with Gasteiger partial charge >= 0.3 is 5.97 Å². The van der Waals surface area contributed by atoms with E-state index in [-0.39, 0.29) is 25.0 Å². The van der Waals surface area contributed by atoms with Crippen molar-refractivity contribution < 1.29 is 19.4 Å². The normalized spacial score (nSPS) is 16.2. The molecule has 1 fully saturated rings. The number of amides is 1. The highest BCUT2D eigenvalue weighted by atomic mass is 16.5. The van der Waals surface area contributed by atoms with Gasteiger partial charge in [-0.15, -0.1) is 0 Å². The molecule has 1 aliphatic rings. The maximum Gasteiger partial charge on any atom is 0.305 e. The van der Waals surface area contributed by atoms with Crippen molar-refractivity contribution in [3.05, 3.63) is 17.5 Å². The maximum atomic E-state index is 12.4. The van der Waals surface area contributed by atoms with E-state index in [0.29, 0.717) is 18.7 Å². The zero-order valence-electron chi connectivity index (χ0n) is 12.4. The van der Waals surface area contributed by atoms with Crippen LogP contribution in [0.25, 0.3) is 0 Å². The van der Waals surface area contributed by atoms with E-state index >= 15 is 0 Å². The average Bonchev–Trinajstić information content (AvgIpc) is 2.77. The Morgan fingerprint density at radius 3 is 2.62 bits per heavy atom. The molecule has 0 aliphatic carbocycles. The quantitative estimate of drug-likeness (QED) is 0.869. The molecule has 116 valence electrons. The topological polar surface area (TPSA) is 84.7 Å². The number of carboxylic acid groups (broad SMARTS) is 1. The smallest absolute Gasteiger partial charge is 0.305 e. The number of likely N-dealkylation sites (tertiary alicyclic amines) is 1. The predicted octanol–water partition coefficient (Wildman–Crippen LogP) is 0.824. The SMILES string of the molecule is Cc1nn(C)cc1C(=O)N1CCC(OCCC(=O)O)CC1. The first-order valence-electron chi connectivity index (χ1n) is 7.10. The molecule has 7 nitrogen and oxygen atoms in total. The Kier molecular flexibility index (Phi) is 4.95. The zero-order valence-corrected chi connectivity index (χ0v) is 12.4. The van der Waals surface area contributed by atoms with Crippen LogP contribution in [-0.2, 0) is 16.6 Å². The standard InChI is InChI=1S/C14H21N3O4/c1-10-12(9-16(2)15-10)14(20)17-6-3-11(4-7-17)21-8-5-13(18)19/h9,11H,3-8H2,1-2H3,(H,18,19). The summed E-state index contributed by atoms with van der Waals surface area (Å²) in [5.74, 6) is -0.848. The summed E-state index contributed by atoms with van der Waals surface area (Å²) >= 11 is 0. The highest BCUT2D eigenvalue weighted by Crippen LogP contribution is 2.17.